The van der Waals surface area contributed by atoms with Crippen LogP contribution in [-0.4, -0.2) is 29.2 Å². The first-order valence-corrected chi connectivity index (χ1v) is 7.45. The maximum atomic E-state index is 12.6. The van der Waals surface area contributed by atoms with Gasteiger partial charge in [-0.15, -0.1) is 0 Å². The fourth-order valence-corrected chi connectivity index (χ4v) is 2.05. The summed E-state index contributed by atoms with van der Waals surface area (Å²) in [5.74, 6) is -4.70. The van der Waals surface area contributed by atoms with Gasteiger partial charge < -0.3 is 16.2 Å². The van der Waals surface area contributed by atoms with E-state index in [1.165, 1.54) is 19.1 Å². The van der Waals surface area contributed by atoms with Crippen LogP contribution in [0, 0.1) is 11.8 Å². The lowest BCUT2D eigenvalue weighted by Gasteiger charge is -2.22. The van der Waals surface area contributed by atoms with Crippen LogP contribution in [0.4, 0.5) is 18.9 Å². The molecular weight excluding hydrogens is 349 g/mol. The number of hydrogen-bond donors (Lipinski definition) is 3. The minimum absolute atomic E-state index is 0.0848. The van der Waals surface area contributed by atoms with Crippen LogP contribution in [0.5, 0.6) is 0 Å². The molecule has 3 atom stereocenters. The van der Waals surface area contributed by atoms with E-state index in [2.05, 4.69) is 5.32 Å². The standard InChI is InChI=1S/C15H18ClF3N2O3/c1-7(14(23)24)5-9-3-4-10(16)11(6-9)21-13(22)12(20)8(2)15(17,18)19/h3-4,6-8,12H,5,20H2,1-2H3,(H,21,22)(H,23,24)/t7-,8-,12-/m1/s1. The number of carbonyl (C=O) groups excluding carboxylic acids is 1. The second kappa shape index (κ2) is 7.85. The summed E-state index contributed by atoms with van der Waals surface area (Å²) in [6.45, 7) is 2.33. The van der Waals surface area contributed by atoms with Crippen LogP contribution >= 0.6 is 11.6 Å². The molecule has 0 aliphatic carbocycles. The summed E-state index contributed by atoms with van der Waals surface area (Å²) in [4.78, 5) is 22.8. The zero-order valence-electron chi connectivity index (χ0n) is 13.0. The van der Waals surface area contributed by atoms with E-state index in [0.29, 0.717) is 5.56 Å². The van der Waals surface area contributed by atoms with Crippen molar-refractivity contribution in [2.24, 2.45) is 17.6 Å². The Morgan fingerprint density at radius 3 is 2.42 bits per heavy atom. The van der Waals surface area contributed by atoms with Gasteiger partial charge in [-0.1, -0.05) is 31.5 Å². The van der Waals surface area contributed by atoms with Gasteiger partial charge in [0.2, 0.25) is 5.91 Å². The van der Waals surface area contributed by atoms with E-state index < -0.39 is 35.9 Å². The number of carbonyl (C=O) groups is 2. The second-order valence-corrected chi connectivity index (χ2v) is 6.01. The van der Waals surface area contributed by atoms with Crippen molar-refractivity contribution in [2.75, 3.05) is 5.32 Å². The van der Waals surface area contributed by atoms with Crippen LogP contribution in [0.15, 0.2) is 18.2 Å². The second-order valence-electron chi connectivity index (χ2n) is 5.60. The van der Waals surface area contributed by atoms with Crippen LogP contribution in [0.25, 0.3) is 0 Å². The lowest BCUT2D eigenvalue weighted by Crippen LogP contribution is -2.46. The molecule has 4 N–H and O–H groups in total. The summed E-state index contributed by atoms with van der Waals surface area (Å²) in [5, 5.41) is 11.3. The van der Waals surface area contributed by atoms with Crippen molar-refractivity contribution in [3.63, 3.8) is 0 Å². The largest absolute Gasteiger partial charge is 0.481 e. The molecule has 0 aliphatic heterocycles. The number of alkyl halides is 3. The highest BCUT2D eigenvalue weighted by Crippen LogP contribution is 2.29. The summed E-state index contributed by atoms with van der Waals surface area (Å²) in [7, 11) is 0. The van der Waals surface area contributed by atoms with Gasteiger partial charge in [0.05, 0.1) is 28.6 Å². The summed E-state index contributed by atoms with van der Waals surface area (Å²) in [6, 6.07) is 2.64. The highest BCUT2D eigenvalue weighted by Gasteiger charge is 2.42. The minimum atomic E-state index is -4.60. The van der Waals surface area contributed by atoms with Crippen molar-refractivity contribution in [2.45, 2.75) is 32.5 Å². The Morgan fingerprint density at radius 2 is 1.92 bits per heavy atom. The molecule has 1 amide bonds. The average Bonchev–Trinajstić information content (AvgIpc) is 2.47. The van der Waals surface area contributed by atoms with Gasteiger partial charge in [-0.25, -0.2) is 0 Å². The third-order valence-electron chi connectivity index (χ3n) is 3.61. The minimum Gasteiger partial charge on any atom is -0.481 e. The molecule has 9 heteroatoms. The number of benzene rings is 1. The van der Waals surface area contributed by atoms with Crippen LogP contribution in [0.2, 0.25) is 5.02 Å². The molecular formula is C15H18ClF3N2O3. The predicted molar refractivity (Wildman–Crippen MR) is 83.8 cm³/mol. The number of hydrogen-bond acceptors (Lipinski definition) is 3. The summed E-state index contributed by atoms with van der Waals surface area (Å²) in [6.07, 6.45) is -4.42. The van der Waals surface area contributed by atoms with E-state index in [4.69, 9.17) is 22.4 Å². The van der Waals surface area contributed by atoms with Crippen molar-refractivity contribution in [1.29, 1.82) is 0 Å². The number of nitrogens with two attached hydrogens (primary N) is 1. The molecule has 24 heavy (non-hydrogen) atoms. The Bertz CT molecular complexity index is 622. The van der Waals surface area contributed by atoms with Gasteiger partial charge in [0.25, 0.3) is 0 Å². The molecule has 1 aromatic rings. The number of rotatable bonds is 6. The molecule has 0 radical (unpaired) electrons. The SMILES string of the molecule is C[C@H](Cc1ccc(Cl)c(NC(=O)[C@H](N)[C@@H](C)C(F)(F)F)c1)C(=O)O. The fourth-order valence-electron chi connectivity index (χ4n) is 1.88. The summed E-state index contributed by atoms with van der Waals surface area (Å²) in [5.41, 5.74) is 6.01. The van der Waals surface area contributed by atoms with Crippen LogP contribution in [-0.2, 0) is 16.0 Å². The van der Waals surface area contributed by atoms with Crippen molar-refractivity contribution >= 4 is 29.2 Å². The molecule has 0 saturated carbocycles. The number of nitrogens with one attached hydrogen (secondary N) is 1. The first-order valence-electron chi connectivity index (χ1n) is 7.08. The molecule has 5 nitrogen and oxygen atoms in total. The Kier molecular flexibility index (Phi) is 6.62. The topological polar surface area (TPSA) is 92.4 Å². The number of aliphatic carboxylic acids is 1. The smallest absolute Gasteiger partial charge is 0.393 e. The van der Waals surface area contributed by atoms with Gasteiger partial charge in [0, 0.05) is 0 Å². The van der Waals surface area contributed by atoms with Crippen LogP contribution < -0.4 is 11.1 Å². The Labute approximate surface area is 142 Å². The van der Waals surface area contributed by atoms with E-state index in [1.807, 2.05) is 0 Å². The average molecular weight is 367 g/mol. The molecule has 0 unspecified atom stereocenters. The first-order chi connectivity index (χ1) is 10.9. The van der Waals surface area contributed by atoms with E-state index in [1.54, 1.807) is 6.07 Å². The van der Waals surface area contributed by atoms with Gasteiger partial charge in [-0.05, 0) is 24.1 Å². The Hall–Kier alpha value is -1.80. The van der Waals surface area contributed by atoms with Gasteiger partial charge in [0.15, 0.2) is 0 Å². The van der Waals surface area contributed by atoms with Crippen molar-refractivity contribution in [1.82, 2.24) is 0 Å². The fraction of sp³-hybridized carbons (Fsp3) is 0.467. The van der Waals surface area contributed by atoms with E-state index >= 15 is 0 Å². The maximum absolute atomic E-state index is 12.6. The highest BCUT2D eigenvalue weighted by molar-refractivity contribution is 6.33. The molecule has 0 heterocycles. The van der Waals surface area contributed by atoms with E-state index in [9.17, 15) is 22.8 Å². The summed E-state index contributed by atoms with van der Waals surface area (Å²) >= 11 is 5.92. The third kappa shape index (κ3) is 5.38. The van der Waals surface area contributed by atoms with Gasteiger partial charge in [0.1, 0.15) is 0 Å². The van der Waals surface area contributed by atoms with Crippen molar-refractivity contribution in [3.05, 3.63) is 28.8 Å². The van der Waals surface area contributed by atoms with Gasteiger partial charge in [-0.2, -0.15) is 13.2 Å². The number of anilines is 1. The van der Waals surface area contributed by atoms with Crippen molar-refractivity contribution < 1.29 is 27.9 Å². The quantitative estimate of drug-likeness (QED) is 0.721. The van der Waals surface area contributed by atoms with Gasteiger partial charge in [-0.3, -0.25) is 9.59 Å². The predicted octanol–water partition coefficient (Wildman–Crippen LogP) is 3.07. The normalized spacial score (nSPS) is 15.5. The lowest BCUT2D eigenvalue weighted by molar-refractivity contribution is -0.176. The summed E-state index contributed by atoms with van der Waals surface area (Å²) < 4.78 is 37.9. The third-order valence-corrected chi connectivity index (χ3v) is 3.94. The molecule has 0 spiro atoms. The Balaban J connectivity index is 2.90. The monoisotopic (exact) mass is 366 g/mol. The molecule has 134 valence electrons. The zero-order valence-corrected chi connectivity index (χ0v) is 13.8. The van der Waals surface area contributed by atoms with E-state index in [-0.39, 0.29) is 17.1 Å². The van der Waals surface area contributed by atoms with E-state index in [0.717, 1.165) is 6.92 Å². The molecule has 0 saturated heterocycles. The zero-order chi connectivity index (χ0) is 18.7. The number of amides is 1. The lowest BCUT2D eigenvalue weighted by atomic mass is 10.00. The molecule has 0 fully saturated rings. The molecule has 0 aromatic heterocycles. The number of halogens is 4. The maximum Gasteiger partial charge on any atom is 0.393 e. The van der Waals surface area contributed by atoms with Crippen molar-refractivity contribution in [3.8, 4) is 0 Å². The molecule has 1 rings (SSSR count). The molecule has 1 aromatic carbocycles. The molecule has 0 bridgehead atoms. The number of carboxylic acids is 1. The van der Waals surface area contributed by atoms with Crippen LogP contribution in [0.3, 0.4) is 0 Å². The van der Waals surface area contributed by atoms with Crippen LogP contribution in [0.1, 0.15) is 19.4 Å². The highest BCUT2D eigenvalue weighted by atomic mass is 35.5. The van der Waals surface area contributed by atoms with Gasteiger partial charge >= 0.3 is 12.1 Å². The first kappa shape index (κ1) is 20.2. The molecule has 0 aliphatic rings. The number of carboxylic acid groups (broad SMARTS) is 1. The Morgan fingerprint density at radius 1 is 1.33 bits per heavy atom.